The van der Waals surface area contributed by atoms with E-state index in [-0.39, 0.29) is 5.97 Å². The number of isocyanates is 2. The number of ether oxygens (including phenoxy) is 1. The molecule has 114 valence electrons. The number of aryl methyl sites for hydroxylation is 1. The summed E-state index contributed by atoms with van der Waals surface area (Å²) in [5.41, 5.74) is 1.20. The minimum atomic E-state index is -4.28. The zero-order valence-corrected chi connectivity index (χ0v) is 12.9. The third-order valence-electron chi connectivity index (χ3n) is 1.84. The molecule has 0 N–H and O–H groups in total. The number of carbonyl (C=O) groups excluding carboxylic acids is 3. The highest BCUT2D eigenvalue weighted by atomic mass is 32.2. The van der Waals surface area contributed by atoms with Crippen molar-refractivity contribution in [3.05, 3.63) is 21.9 Å². The standard InChI is InChI=1S/C9H12O2S.C2N2O4S/c1-3-7-5-8(12-6-7)9(10)11-4-2;5-1-3-9(7,8)4-2-6/h5-6H,3-4H2,1-2H3;. The van der Waals surface area contributed by atoms with E-state index in [1.165, 1.54) is 16.9 Å². The lowest BCUT2D eigenvalue weighted by atomic mass is 10.2. The molecule has 10 heteroatoms. The number of carbonyl (C=O) groups is 1. The Bertz CT molecular complexity index is 643. The molecule has 0 aliphatic carbocycles. The van der Waals surface area contributed by atoms with E-state index in [1.54, 1.807) is 0 Å². The van der Waals surface area contributed by atoms with Gasteiger partial charge in [0.15, 0.2) is 0 Å². The zero-order chi connectivity index (χ0) is 16.3. The highest BCUT2D eigenvalue weighted by Gasteiger charge is 2.08. The molecule has 0 aliphatic rings. The van der Waals surface area contributed by atoms with Crippen LogP contribution in [0.1, 0.15) is 29.1 Å². The van der Waals surface area contributed by atoms with Gasteiger partial charge in [-0.3, -0.25) is 0 Å². The normalized spacial score (nSPS) is 9.43. The number of nitrogens with zero attached hydrogens (tertiary/aromatic N) is 2. The number of thiophene rings is 1. The molecule has 0 fully saturated rings. The van der Waals surface area contributed by atoms with E-state index in [1.807, 2.05) is 18.4 Å². The Morgan fingerprint density at radius 3 is 2.24 bits per heavy atom. The van der Waals surface area contributed by atoms with Crippen LogP contribution in [-0.4, -0.2) is 33.2 Å². The van der Waals surface area contributed by atoms with Gasteiger partial charge in [0.25, 0.3) is 12.2 Å². The van der Waals surface area contributed by atoms with Gasteiger partial charge < -0.3 is 4.74 Å². The summed E-state index contributed by atoms with van der Waals surface area (Å²) in [6.07, 6.45) is 2.38. The minimum absolute atomic E-state index is 0.206. The maximum atomic E-state index is 11.2. The number of rotatable bonds is 5. The average Bonchev–Trinajstić information content (AvgIpc) is 2.88. The summed E-state index contributed by atoms with van der Waals surface area (Å²) >= 11 is 1.45. The number of hydrogen-bond donors (Lipinski definition) is 0. The molecule has 0 atom stereocenters. The van der Waals surface area contributed by atoms with Crippen LogP contribution in [-0.2, 0) is 31.0 Å². The second kappa shape index (κ2) is 9.73. The molecule has 0 amide bonds. The van der Waals surface area contributed by atoms with E-state index in [0.29, 0.717) is 23.6 Å². The van der Waals surface area contributed by atoms with Gasteiger partial charge in [0.1, 0.15) is 4.88 Å². The third-order valence-corrected chi connectivity index (χ3v) is 3.41. The predicted octanol–water partition coefficient (Wildman–Crippen LogP) is 1.39. The van der Waals surface area contributed by atoms with Gasteiger partial charge in [-0.05, 0) is 30.4 Å². The van der Waals surface area contributed by atoms with Crippen LogP contribution >= 0.6 is 11.3 Å². The van der Waals surface area contributed by atoms with Crippen molar-refractivity contribution in [3.8, 4) is 0 Å². The Balaban J connectivity index is 0.000000400. The van der Waals surface area contributed by atoms with Crippen LogP contribution in [0.3, 0.4) is 0 Å². The van der Waals surface area contributed by atoms with Gasteiger partial charge in [-0.15, -0.1) is 11.3 Å². The van der Waals surface area contributed by atoms with Crippen LogP contribution in [0.2, 0.25) is 0 Å². The van der Waals surface area contributed by atoms with Crippen molar-refractivity contribution < 1.29 is 27.5 Å². The molecule has 1 rings (SSSR count). The summed E-state index contributed by atoms with van der Waals surface area (Å²) in [5.74, 6) is -0.206. The first-order valence-corrected chi connectivity index (χ1v) is 7.85. The van der Waals surface area contributed by atoms with E-state index in [0.717, 1.165) is 6.42 Å². The summed E-state index contributed by atoms with van der Waals surface area (Å²) in [5, 5.41) is 1.99. The molecule has 0 radical (unpaired) electrons. The van der Waals surface area contributed by atoms with Gasteiger partial charge in [0.05, 0.1) is 6.61 Å². The molecular formula is C11H12N2O6S2. The molecule has 0 bridgehead atoms. The molecule has 1 heterocycles. The Kier molecular flexibility index (Phi) is 8.75. The Hall–Kier alpha value is -2.12. The molecule has 0 aliphatic heterocycles. The molecular weight excluding hydrogens is 320 g/mol. The van der Waals surface area contributed by atoms with Crippen molar-refractivity contribution >= 4 is 39.7 Å². The van der Waals surface area contributed by atoms with Crippen molar-refractivity contribution in [2.24, 2.45) is 8.80 Å². The van der Waals surface area contributed by atoms with Gasteiger partial charge in [-0.25, -0.2) is 14.4 Å². The lowest BCUT2D eigenvalue weighted by molar-refractivity contribution is 0.0532. The van der Waals surface area contributed by atoms with E-state index >= 15 is 0 Å². The lowest BCUT2D eigenvalue weighted by Crippen LogP contribution is -2.01. The van der Waals surface area contributed by atoms with Gasteiger partial charge in [-0.1, -0.05) is 15.7 Å². The predicted molar refractivity (Wildman–Crippen MR) is 74.8 cm³/mol. The maximum Gasteiger partial charge on any atom is 0.383 e. The molecule has 21 heavy (non-hydrogen) atoms. The average molecular weight is 332 g/mol. The summed E-state index contributed by atoms with van der Waals surface area (Å²) in [6, 6.07) is 1.89. The topological polar surface area (TPSA) is 119 Å². The van der Waals surface area contributed by atoms with Crippen LogP contribution in [0.4, 0.5) is 0 Å². The monoisotopic (exact) mass is 332 g/mol. The molecule has 1 aromatic rings. The number of esters is 1. The Labute approximate surface area is 125 Å². The highest BCUT2D eigenvalue weighted by molar-refractivity contribution is 7.89. The molecule has 0 aromatic carbocycles. The van der Waals surface area contributed by atoms with Gasteiger partial charge in [0, 0.05) is 0 Å². The van der Waals surface area contributed by atoms with Crippen molar-refractivity contribution in [3.63, 3.8) is 0 Å². The second-order valence-corrected chi connectivity index (χ2v) is 5.38. The quantitative estimate of drug-likeness (QED) is 0.456. The van der Waals surface area contributed by atoms with Crippen molar-refractivity contribution in [2.75, 3.05) is 6.61 Å². The van der Waals surface area contributed by atoms with E-state index in [4.69, 9.17) is 4.74 Å². The fraction of sp³-hybridized carbons (Fsp3) is 0.364. The van der Waals surface area contributed by atoms with E-state index in [2.05, 4.69) is 15.7 Å². The first kappa shape index (κ1) is 18.9. The van der Waals surface area contributed by atoms with Crippen molar-refractivity contribution in [1.29, 1.82) is 0 Å². The van der Waals surface area contributed by atoms with Crippen LogP contribution < -0.4 is 0 Å². The Morgan fingerprint density at radius 2 is 1.86 bits per heavy atom. The molecule has 0 unspecified atom stereocenters. The van der Waals surface area contributed by atoms with Crippen LogP contribution in [0.25, 0.3) is 0 Å². The fourth-order valence-corrected chi connectivity index (χ4v) is 2.10. The summed E-state index contributed by atoms with van der Waals surface area (Å²) < 4.78 is 29.2. The van der Waals surface area contributed by atoms with Crippen molar-refractivity contribution in [2.45, 2.75) is 20.3 Å². The summed E-state index contributed by atoms with van der Waals surface area (Å²) in [7, 11) is -4.28. The van der Waals surface area contributed by atoms with E-state index < -0.39 is 10.2 Å². The number of hydrogen-bond acceptors (Lipinski definition) is 7. The largest absolute Gasteiger partial charge is 0.462 e. The SMILES string of the molecule is CCOC(=O)c1cc(CC)cs1.O=C=NS(=O)(=O)N=C=O. The molecule has 0 saturated carbocycles. The second-order valence-electron chi connectivity index (χ2n) is 3.21. The lowest BCUT2D eigenvalue weighted by Gasteiger charge is -1.96. The van der Waals surface area contributed by atoms with Gasteiger partial charge >= 0.3 is 16.2 Å². The van der Waals surface area contributed by atoms with Crippen LogP contribution in [0.5, 0.6) is 0 Å². The molecule has 0 saturated heterocycles. The van der Waals surface area contributed by atoms with Crippen LogP contribution in [0, 0.1) is 0 Å². The minimum Gasteiger partial charge on any atom is -0.462 e. The Morgan fingerprint density at radius 1 is 1.29 bits per heavy atom. The van der Waals surface area contributed by atoms with Gasteiger partial charge in [0.2, 0.25) is 0 Å². The summed E-state index contributed by atoms with van der Waals surface area (Å²) in [6.45, 7) is 4.32. The highest BCUT2D eigenvalue weighted by Crippen LogP contribution is 2.15. The van der Waals surface area contributed by atoms with E-state index in [9.17, 15) is 22.8 Å². The summed E-state index contributed by atoms with van der Waals surface area (Å²) in [4.78, 5) is 30.3. The first-order valence-electron chi connectivity index (χ1n) is 5.57. The molecule has 1 aromatic heterocycles. The first-order chi connectivity index (χ1) is 9.90. The van der Waals surface area contributed by atoms with Crippen LogP contribution in [0.15, 0.2) is 20.2 Å². The van der Waals surface area contributed by atoms with Crippen molar-refractivity contribution in [1.82, 2.24) is 0 Å². The third kappa shape index (κ3) is 7.91. The fourth-order valence-electron chi connectivity index (χ4n) is 0.985. The van der Waals surface area contributed by atoms with Gasteiger partial charge in [-0.2, -0.15) is 8.42 Å². The molecule has 8 nitrogen and oxygen atoms in total. The molecule has 0 spiro atoms. The maximum absolute atomic E-state index is 11.2. The smallest absolute Gasteiger partial charge is 0.383 e. The zero-order valence-electron chi connectivity index (χ0n) is 11.2.